The average molecular weight is 284 g/mol. The summed E-state index contributed by atoms with van der Waals surface area (Å²) in [6.07, 6.45) is 5.52. The van der Waals surface area contributed by atoms with Crippen molar-refractivity contribution in [1.29, 1.82) is 0 Å². The Morgan fingerprint density at radius 1 is 1.48 bits per heavy atom. The van der Waals surface area contributed by atoms with Crippen molar-refractivity contribution in [2.45, 2.75) is 25.4 Å². The van der Waals surface area contributed by atoms with Gasteiger partial charge in [0, 0.05) is 38.1 Å². The molecule has 5 nitrogen and oxygen atoms in total. The van der Waals surface area contributed by atoms with Gasteiger partial charge in [-0.15, -0.1) is 0 Å². The van der Waals surface area contributed by atoms with Gasteiger partial charge >= 0.3 is 0 Å². The molecule has 1 N–H and O–H groups in total. The maximum Gasteiger partial charge on any atom is 0.245 e. The first kappa shape index (κ1) is 13.7. The summed E-state index contributed by atoms with van der Waals surface area (Å²) < 4.78 is 1.75. The fraction of sp³-hybridized carbons (Fsp3) is 0.375. The van der Waals surface area contributed by atoms with Gasteiger partial charge in [-0.3, -0.25) is 9.48 Å². The van der Waals surface area contributed by atoms with E-state index in [-0.39, 0.29) is 11.9 Å². The SMILES string of the molecule is CN(Cc1cnn(C)c1)C(=O)C1CCc2ccccc2N1. The summed E-state index contributed by atoms with van der Waals surface area (Å²) in [6.45, 7) is 0.590. The molecule has 5 heteroatoms. The number of anilines is 1. The van der Waals surface area contributed by atoms with Gasteiger partial charge in [-0.25, -0.2) is 0 Å². The number of hydrogen-bond donors (Lipinski definition) is 1. The third-order valence-corrected chi connectivity index (χ3v) is 3.90. The Morgan fingerprint density at radius 3 is 3.05 bits per heavy atom. The summed E-state index contributed by atoms with van der Waals surface area (Å²) in [5.41, 5.74) is 3.41. The molecule has 3 rings (SSSR count). The summed E-state index contributed by atoms with van der Waals surface area (Å²) >= 11 is 0. The quantitative estimate of drug-likeness (QED) is 0.935. The number of hydrogen-bond acceptors (Lipinski definition) is 3. The number of aryl methyl sites for hydroxylation is 2. The largest absolute Gasteiger partial charge is 0.373 e. The highest BCUT2D eigenvalue weighted by Gasteiger charge is 2.26. The molecule has 110 valence electrons. The van der Waals surface area contributed by atoms with Crippen LogP contribution in [0.3, 0.4) is 0 Å². The van der Waals surface area contributed by atoms with Crippen LogP contribution in [0.1, 0.15) is 17.5 Å². The predicted molar refractivity (Wildman–Crippen MR) is 81.9 cm³/mol. The van der Waals surface area contributed by atoms with E-state index in [1.165, 1.54) is 5.56 Å². The van der Waals surface area contributed by atoms with Crippen LogP contribution in [0.5, 0.6) is 0 Å². The van der Waals surface area contributed by atoms with Crippen molar-refractivity contribution < 1.29 is 4.79 Å². The molecular formula is C16H20N4O. The van der Waals surface area contributed by atoms with Crippen molar-refractivity contribution in [3.8, 4) is 0 Å². The molecule has 1 amide bonds. The Labute approximate surface area is 124 Å². The fourth-order valence-corrected chi connectivity index (χ4v) is 2.80. The normalized spacial score (nSPS) is 17.0. The predicted octanol–water partition coefficient (Wildman–Crippen LogP) is 1.81. The monoisotopic (exact) mass is 284 g/mol. The standard InChI is InChI=1S/C16H20N4O/c1-19(10-12-9-17-20(2)11-12)16(21)15-8-7-13-5-3-4-6-14(13)18-15/h3-6,9,11,15,18H,7-8,10H2,1-2H3. The summed E-state index contributed by atoms with van der Waals surface area (Å²) in [5.74, 6) is 0.133. The second-order valence-electron chi connectivity index (χ2n) is 5.61. The maximum absolute atomic E-state index is 12.6. The van der Waals surface area contributed by atoms with Crippen LogP contribution in [-0.2, 0) is 24.8 Å². The molecule has 0 fully saturated rings. The molecule has 2 heterocycles. The average Bonchev–Trinajstić information content (AvgIpc) is 2.91. The summed E-state index contributed by atoms with van der Waals surface area (Å²) in [5, 5.41) is 7.49. The highest BCUT2D eigenvalue weighted by Crippen LogP contribution is 2.25. The first-order chi connectivity index (χ1) is 10.1. The van der Waals surface area contributed by atoms with Gasteiger partial charge in [-0.1, -0.05) is 18.2 Å². The van der Waals surface area contributed by atoms with Crippen molar-refractivity contribution in [3.05, 3.63) is 47.8 Å². The lowest BCUT2D eigenvalue weighted by Gasteiger charge is -2.29. The molecule has 0 bridgehead atoms. The highest BCUT2D eigenvalue weighted by atomic mass is 16.2. The van der Waals surface area contributed by atoms with Gasteiger partial charge in [0.1, 0.15) is 6.04 Å². The van der Waals surface area contributed by atoms with Gasteiger partial charge in [0.05, 0.1) is 6.20 Å². The number of rotatable bonds is 3. The Morgan fingerprint density at radius 2 is 2.29 bits per heavy atom. The third kappa shape index (κ3) is 2.91. The van der Waals surface area contributed by atoms with E-state index in [1.54, 1.807) is 15.8 Å². The van der Waals surface area contributed by atoms with E-state index in [2.05, 4.69) is 16.5 Å². The number of para-hydroxylation sites is 1. The van der Waals surface area contributed by atoms with Crippen molar-refractivity contribution >= 4 is 11.6 Å². The van der Waals surface area contributed by atoms with Gasteiger partial charge in [0.2, 0.25) is 5.91 Å². The van der Waals surface area contributed by atoms with Gasteiger partial charge in [0.25, 0.3) is 0 Å². The molecular weight excluding hydrogens is 264 g/mol. The molecule has 21 heavy (non-hydrogen) atoms. The van der Waals surface area contributed by atoms with E-state index >= 15 is 0 Å². The Hall–Kier alpha value is -2.30. The lowest BCUT2D eigenvalue weighted by molar-refractivity contribution is -0.131. The smallest absolute Gasteiger partial charge is 0.245 e. The fourth-order valence-electron chi connectivity index (χ4n) is 2.80. The number of benzene rings is 1. The van der Waals surface area contributed by atoms with Crippen molar-refractivity contribution in [2.24, 2.45) is 7.05 Å². The molecule has 1 aliphatic rings. The van der Waals surface area contributed by atoms with E-state index < -0.39 is 0 Å². The van der Waals surface area contributed by atoms with Crippen molar-refractivity contribution in [2.75, 3.05) is 12.4 Å². The highest BCUT2D eigenvalue weighted by molar-refractivity contribution is 5.85. The molecule has 0 spiro atoms. The topological polar surface area (TPSA) is 50.2 Å². The van der Waals surface area contributed by atoms with Crippen LogP contribution in [0, 0.1) is 0 Å². The number of carbonyl (C=O) groups is 1. The zero-order chi connectivity index (χ0) is 14.8. The molecule has 1 atom stereocenters. The number of carbonyl (C=O) groups excluding carboxylic acids is 1. The molecule has 0 radical (unpaired) electrons. The Bertz CT molecular complexity index is 649. The van der Waals surface area contributed by atoms with Gasteiger partial charge in [-0.05, 0) is 24.5 Å². The van der Waals surface area contributed by atoms with E-state index in [0.717, 1.165) is 24.1 Å². The number of likely N-dealkylation sites (N-methyl/N-ethyl adjacent to an activating group) is 1. The number of aromatic nitrogens is 2. The zero-order valence-electron chi connectivity index (χ0n) is 12.4. The lowest BCUT2D eigenvalue weighted by atomic mass is 9.97. The van der Waals surface area contributed by atoms with Crippen LogP contribution in [0.4, 0.5) is 5.69 Å². The van der Waals surface area contributed by atoms with Crippen molar-refractivity contribution in [1.82, 2.24) is 14.7 Å². The third-order valence-electron chi connectivity index (χ3n) is 3.90. The van der Waals surface area contributed by atoms with Crippen LogP contribution < -0.4 is 5.32 Å². The summed E-state index contributed by atoms with van der Waals surface area (Å²) in [7, 11) is 3.72. The van der Waals surface area contributed by atoms with Crippen LogP contribution in [-0.4, -0.2) is 33.7 Å². The molecule has 1 aromatic heterocycles. The van der Waals surface area contributed by atoms with Crippen LogP contribution in [0.2, 0.25) is 0 Å². The second-order valence-corrected chi connectivity index (χ2v) is 5.61. The van der Waals surface area contributed by atoms with Gasteiger partial charge in [-0.2, -0.15) is 5.10 Å². The van der Waals surface area contributed by atoms with Crippen LogP contribution >= 0.6 is 0 Å². The summed E-state index contributed by atoms with van der Waals surface area (Å²) in [6, 6.07) is 8.05. The Kier molecular flexibility index (Phi) is 3.64. The number of amides is 1. The minimum absolute atomic E-state index is 0.133. The molecule has 0 saturated carbocycles. The van der Waals surface area contributed by atoms with Gasteiger partial charge < -0.3 is 10.2 Å². The maximum atomic E-state index is 12.6. The van der Waals surface area contributed by atoms with Crippen molar-refractivity contribution in [3.63, 3.8) is 0 Å². The minimum atomic E-state index is -0.137. The van der Waals surface area contributed by atoms with E-state index in [0.29, 0.717) is 6.54 Å². The molecule has 1 unspecified atom stereocenters. The first-order valence-corrected chi connectivity index (χ1v) is 7.20. The van der Waals surface area contributed by atoms with E-state index in [1.807, 2.05) is 38.5 Å². The molecule has 0 saturated heterocycles. The molecule has 0 aliphatic carbocycles. The second kappa shape index (κ2) is 5.60. The van der Waals surface area contributed by atoms with E-state index in [9.17, 15) is 4.79 Å². The Balaban J connectivity index is 1.66. The minimum Gasteiger partial charge on any atom is -0.373 e. The number of fused-ring (bicyclic) bond motifs is 1. The van der Waals surface area contributed by atoms with Crippen LogP contribution in [0.25, 0.3) is 0 Å². The number of nitrogens with zero attached hydrogens (tertiary/aromatic N) is 3. The zero-order valence-corrected chi connectivity index (χ0v) is 12.4. The first-order valence-electron chi connectivity index (χ1n) is 7.20. The summed E-state index contributed by atoms with van der Waals surface area (Å²) in [4.78, 5) is 14.3. The molecule has 1 aromatic carbocycles. The van der Waals surface area contributed by atoms with Gasteiger partial charge in [0.15, 0.2) is 0 Å². The molecule has 2 aromatic rings. The van der Waals surface area contributed by atoms with E-state index in [4.69, 9.17) is 0 Å². The molecule has 1 aliphatic heterocycles. The lowest BCUT2D eigenvalue weighted by Crippen LogP contribution is -2.42. The van der Waals surface area contributed by atoms with Crippen LogP contribution in [0.15, 0.2) is 36.7 Å². The number of nitrogens with one attached hydrogen (secondary N) is 1.